The van der Waals surface area contributed by atoms with Gasteiger partial charge >= 0.3 is 5.97 Å². The van der Waals surface area contributed by atoms with Gasteiger partial charge in [0.25, 0.3) is 0 Å². The fraction of sp³-hybridized carbons (Fsp3) is 0.500. The van der Waals surface area contributed by atoms with Crippen LogP contribution in [0.25, 0.3) is 0 Å². The summed E-state index contributed by atoms with van der Waals surface area (Å²) in [6.45, 7) is 12.7. The number of nitrogens with zero attached hydrogens (tertiary/aromatic N) is 2. The number of allylic oxidation sites excluding steroid dienone is 4. The third-order valence-electron chi connectivity index (χ3n) is 5.71. The number of benzene rings is 1. The first-order valence-corrected chi connectivity index (χ1v) is 11.9. The zero-order valence-corrected chi connectivity index (χ0v) is 21.7. The highest BCUT2D eigenvalue weighted by atomic mass is 79.9. The van der Waals surface area contributed by atoms with Gasteiger partial charge in [0.05, 0.1) is 5.56 Å². The number of carboxylic acid groups (broad SMARTS) is 1. The van der Waals surface area contributed by atoms with Gasteiger partial charge in [-0.1, -0.05) is 53.6 Å². The molecule has 172 valence electrons. The smallest absolute Gasteiger partial charge is 0.335 e. The Bertz CT molecular complexity index is 786. The maximum Gasteiger partial charge on any atom is 0.335 e. The van der Waals surface area contributed by atoms with E-state index in [9.17, 15) is 4.79 Å². The monoisotopic (exact) mass is 490 g/mol. The maximum absolute atomic E-state index is 11.0. The number of hydrogen-bond acceptors (Lipinski definition) is 3. The number of carbonyl (C=O) groups is 1. The molecular formula is C26H39BrN2O2. The second-order valence-corrected chi connectivity index (χ2v) is 8.97. The Kier molecular flexibility index (Phi) is 11.9. The van der Waals surface area contributed by atoms with Crippen LogP contribution in [0.15, 0.2) is 58.2 Å². The van der Waals surface area contributed by atoms with E-state index in [4.69, 9.17) is 5.11 Å². The summed E-state index contributed by atoms with van der Waals surface area (Å²) < 4.78 is 1.10. The van der Waals surface area contributed by atoms with Crippen LogP contribution >= 0.6 is 15.9 Å². The number of carboxylic acids is 1. The maximum atomic E-state index is 11.0. The van der Waals surface area contributed by atoms with Crippen molar-refractivity contribution in [2.45, 2.75) is 59.4 Å². The lowest BCUT2D eigenvalue weighted by Gasteiger charge is -2.36. The summed E-state index contributed by atoms with van der Waals surface area (Å²) in [6, 6.07) is 7.80. The molecule has 1 aromatic rings. The molecule has 1 N–H and O–H groups in total. The van der Waals surface area contributed by atoms with Gasteiger partial charge in [0.2, 0.25) is 0 Å². The van der Waals surface area contributed by atoms with Crippen LogP contribution in [0.1, 0.15) is 69.3 Å². The fourth-order valence-electron chi connectivity index (χ4n) is 3.68. The average Bonchev–Trinajstić information content (AvgIpc) is 2.78. The first-order valence-electron chi connectivity index (χ1n) is 11.2. The Hall–Kier alpha value is -1.85. The molecule has 1 atom stereocenters. The van der Waals surface area contributed by atoms with Crippen LogP contribution in [0.3, 0.4) is 0 Å². The van der Waals surface area contributed by atoms with E-state index in [-0.39, 0.29) is 0 Å². The van der Waals surface area contributed by atoms with Gasteiger partial charge in [-0.2, -0.15) is 0 Å². The van der Waals surface area contributed by atoms with Gasteiger partial charge in [0, 0.05) is 24.6 Å². The van der Waals surface area contributed by atoms with Crippen LogP contribution < -0.4 is 0 Å². The number of hydrogen-bond donors (Lipinski definition) is 1. The van der Waals surface area contributed by atoms with Crippen molar-refractivity contribution in [1.82, 2.24) is 9.80 Å². The minimum absolute atomic E-state index is 0.357. The zero-order valence-electron chi connectivity index (χ0n) is 20.2. The van der Waals surface area contributed by atoms with Gasteiger partial charge < -0.3 is 10.0 Å². The topological polar surface area (TPSA) is 43.8 Å². The van der Waals surface area contributed by atoms with Crippen molar-refractivity contribution < 1.29 is 9.90 Å². The molecule has 0 saturated carbocycles. The number of rotatable bonds is 7. The second-order valence-electron chi connectivity index (χ2n) is 8.11. The molecule has 1 fully saturated rings. The summed E-state index contributed by atoms with van der Waals surface area (Å²) in [7, 11) is 4.03. The molecule has 2 rings (SSSR count). The first kappa shape index (κ1) is 27.2. The molecule has 5 heteroatoms. The Balaban J connectivity index is 0.00000233. The Morgan fingerprint density at radius 1 is 1.16 bits per heavy atom. The van der Waals surface area contributed by atoms with Crippen molar-refractivity contribution in [2.75, 3.05) is 27.2 Å². The summed E-state index contributed by atoms with van der Waals surface area (Å²) in [5.41, 5.74) is 4.20. The Morgan fingerprint density at radius 2 is 1.71 bits per heavy atom. The molecule has 4 nitrogen and oxygen atoms in total. The van der Waals surface area contributed by atoms with Gasteiger partial charge in [0.15, 0.2) is 0 Å². The van der Waals surface area contributed by atoms with Crippen molar-refractivity contribution in [3.05, 3.63) is 69.4 Å². The third kappa shape index (κ3) is 8.66. The predicted molar refractivity (Wildman–Crippen MR) is 136 cm³/mol. The van der Waals surface area contributed by atoms with E-state index in [0.717, 1.165) is 30.4 Å². The van der Waals surface area contributed by atoms with E-state index in [1.165, 1.54) is 16.7 Å². The molecule has 1 saturated heterocycles. The van der Waals surface area contributed by atoms with E-state index >= 15 is 0 Å². The SMILES string of the molecule is CC.CC(/C=C(\C)C(C)N1CCC(c2ccc(C(=O)O)cc2)CC1)=C(Br)\C=C/N(C)C. The van der Waals surface area contributed by atoms with Gasteiger partial charge in [-0.05, 0) is 88.2 Å². The highest BCUT2D eigenvalue weighted by molar-refractivity contribution is 9.11. The molecule has 0 bridgehead atoms. The molecule has 1 unspecified atom stereocenters. The largest absolute Gasteiger partial charge is 0.478 e. The van der Waals surface area contributed by atoms with Crippen LogP contribution in [0.5, 0.6) is 0 Å². The molecule has 0 radical (unpaired) electrons. The van der Waals surface area contributed by atoms with Crippen molar-refractivity contribution in [3.8, 4) is 0 Å². The van der Waals surface area contributed by atoms with Crippen molar-refractivity contribution >= 4 is 21.9 Å². The minimum atomic E-state index is -0.865. The van der Waals surface area contributed by atoms with Crippen molar-refractivity contribution in [1.29, 1.82) is 0 Å². The Labute approximate surface area is 197 Å². The third-order valence-corrected chi connectivity index (χ3v) is 6.59. The lowest BCUT2D eigenvalue weighted by Crippen LogP contribution is -2.40. The zero-order chi connectivity index (χ0) is 23.6. The number of halogens is 1. The number of piperidine rings is 1. The predicted octanol–water partition coefficient (Wildman–Crippen LogP) is 6.67. The second kappa shape index (κ2) is 13.5. The first-order chi connectivity index (χ1) is 14.7. The number of aromatic carboxylic acids is 1. The molecule has 1 aromatic carbocycles. The van der Waals surface area contributed by atoms with Crippen molar-refractivity contribution in [3.63, 3.8) is 0 Å². The van der Waals surface area contributed by atoms with Crippen LogP contribution in [0.4, 0.5) is 0 Å². The lowest BCUT2D eigenvalue weighted by molar-refractivity contribution is 0.0697. The summed E-state index contributed by atoms with van der Waals surface area (Å²) in [5, 5.41) is 9.06. The van der Waals surface area contributed by atoms with Gasteiger partial charge in [0.1, 0.15) is 0 Å². The molecule has 1 aliphatic heterocycles. The number of likely N-dealkylation sites (tertiary alicyclic amines) is 1. The standard InChI is InChI=1S/C24H33BrN2O2.C2H6/c1-17(16-18(2)23(25)12-13-26(4)5)19(3)27-14-10-21(11-15-27)20-6-8-22(9-7-20)24(28)29;1-2/h6-9,12-13,16,19,21H,10-11,14-15H2,1-5H3,(H,28,29);1-2H3/b13-12-,17-16+,23-18-;. The minimum Gasteiger partial charge on any atom is -0.478 e. The molecular weight excluding hydrogens is 452 g/mol. The van der Waals surface area contributed by atoms with E-state index in [1.54, 1.807) is 12.1 Å². The van der Waals surface area contributed by atoms with E-state index < -0.39 is 5.97 Å². The van der Waals surface area contributed by atoms with Crippen LogP contribution in [0.2, 0.25) is 0 Å². The van der Waals surface area contributed by atoms with Crippen LogP contribution in [0, 0.1) is 0 Å². The molecule has 0 spiro atoms. The van der Waals surface area contributed by atoms with Crippen LogP contribution in [-0.2, 0) is 0 Å². The van der Waals surface area contributed by atoms with Crippen molar-refractivity contribution in [2.24, 2.45) is 0 Å². The summed E-state index contributed by atoms with van der Waals surface area (Å²) in [4.78, 5) is 15.6. The summed E-state index contributed by atoms with van der Waals surface area (Å²) in [6.07, 6.45) is 8.59. The fourth-order valence-corrected chi connectivity index (χ4v) is 3.92. The van der Waals surface area contributed by atoms with E-state index in [2.05, 4.69) is 53.8 Å². The normalized spacial score (nSPS) is 17.6. The molecule has 0 aromatic heterocycles. The summed E-state index contributed by atoms with van der Waals surface area (Å²) >= 11 is 3.66. The molecule has 31 heavy (non-hydrogen) atoms. The summed E-state index contributed by atoms with van der Waals surface area (Å²) in [5.74, 6) is -0.354. The van der Waals surface area contributed by atoms with E-state index in [1.807, 2.05) is 51.2 Å². The molecule has 0 aliphatic carbocycles. The molecule has 1 heterocycles. The van der Waals surface area contributed by atoms with E-state index in [0.29, 0.717) is 17.5 Å². The van der Waals surface area contributed by atoms with Gasteiger partial charge in [-0.3, -0.25) is 4.90 Å². The van der Waals surface area contributed by atoms with Crippen LogP contribution in [-0.4, -0.2) is 54.1 Å². The van der Waals surface area contributed by atoms with Gasteiger partial charge in [-0.15, -0.1) is 0 Å². The lowest BCUT2D eigenvalue weighted by atomic mass is 9.88. The van der Waals surface area contributed by atoms with Gasteiger partial charge in [-0.25, -0.2) is 4.79 Å². The highest BCUT2D eigenvalue weighted by Gasteiger charge is 2.24. The Morgan fingerprint density at radius 3 is 2.19 bits per heavy atom. The quantitative estimate of drug-likeness (QED) is 0.433. The molecule has 1 aliphatic rings. The average molecular weight is 492 g/mol. The highest BCUT2D eigenvalue weighted by Crippen LogP contribution is 2.30. The molecule has 0 amide bonds.